The van der Waals surface area contributed by atoms with Crippen molar-refractivity contribution in [3.63, 3.8) is 0 Å². The molecule has 0 bridgehead atoms. The van der Waals surface area contributed by atoms with Crippen molar-refractivity contribution < 1.29 is 24.5 Å². The van der Waals surface area contributed by atoms with Crippen LogP contribution in [0.4, 0.5) is 0 Å². The van der Waals surface area contributed by atoms with Gasteiger partial charge in [0.25, 0.3) is 0 Å². The fourth-order valence-corrected chi connectivity index (χ4v) is 3.11. The number of carboxylic acids is 1. The lowest BCUT2D eigenvalue weighted by molar-refractivity contribution is -0.137. The van der Waals surface area contributed by atoms with Crippen molar-refractivity contribution in [2.24, 2.45) is 0 Å². The van der Waals surface area contributed by atoms with Crippen molar-refractivity contribution in [2.45, 2.75) is 95.9 Å². The molecule has 146 valence electrons. The van der Waals surface area contributed by atoms with Gasteiger partial charge in [0.2, 0.25) is 0 Å². The van der Waals surface area contributed by atoms with E-state index in [2.05, 4.69) is 6.92 Å². The maximum atomic E-state index is 10.4. The van der Waals surface area contributed by atoms with E-state index >= 15 is 0 Å². The van der Waals surface area contributed by atoms with Crippen molar-refractivity contribution in [2.75, 3.05) is 13.2 Å². The van der Waals surface area contributed by atoms with E-state index < -0.39 is 17.9 Å². The van der Waals surface area contributed by atoms with Crippen LogP contribution in [0.15, 0.2) is 12.2 Å². The lowest BCUT2D eigenvalue weighted by atomic mass is 10.0. The normalized spacial score (nSPS) is 18.0. The van der Waals surface area contributed by atoms with Crippen molar-refractivity contribution >= 4 is 5.97 Å². The highest BCUT2D eigenvalue weighted by Crippen LogP contribution is 2.28. The fourth-order valence-electron chi connectivity index (χ4n) is 3.11. The summed E-state index contributed by atoms with van der Waals surface area (Å²) in [6.07, 6.45) is 14.6. The van der Waals surface area contributed by atoms with Gasteiger partial charge in [-0.2, -0.15) is 0 Å². The SMILES string of the molecule is CCCCC[C@H](O)/C=C/C1(CCCCCCCCC(=O)O)OCCO1. The summed E-state index contributed by atoms with van der Waals surface area (Å²) in [6.45, 7) is 3.36. The maximum Gasteiger partial charge on any atom is 0.303 e. The number of aliphatic hydroxyl groups is 1. The molecule has 0 aromatic carbocycles. The van der Waals surface area contributed by atoms with Gasteiger partial charge in [-0.1, -0.05) is 57.9 Å². The van der Waals surface area contributed by atoms with E-state index in [1.54, 1.807) is 0 Å². The molecular weight excluding hydrogens is 320 g/mol. The van der Waals surface area contributed by atoms with Crippen LogP contribution >= 0.6 is 0 Å². The molecule has 0 spiro atoms. The summed E-state index contributed by atoms with van der Waals surface area (Å²) < 4.78 is 11.6. The van der Waals surface area contributed by atoms with Crippen LogP contribution in [0.2, 0.25) is 0 Å². The second-order valence-electron chi connectivity index (χ2n) is 6.95. The smallest absolute Gasteiger partial charge is 0.303 e. The van der Waals surface area contributed by atoms with Crippen LogP contribution in [0.3, 0.4) is 0 Å². The second kappa shape index (κ2) is 13.3. The Hall–Kier alpha value is -0.910. The zero-order valence-electron chi connectivity index (χ0n) is 15.8. The highest BCUT2D eigenvalue weighted by atomic mass is 16.7. The predicted molar refractivity (Wildman–Crippen MR) is 98.5 cm³/mol. The summed E-state index contributed by atoms with van der Waals surface area (Å²) >= 11 is 0. The Balaban J connectivity index is 2.21. The molecule has 2 N–H and O–H groups in total. The molecule has 0 aliphatic carbocycles. The zero-order valence-corrected chi connectivity index (χ0v) is 15.8. The lowest BCUT2D eigenvalue weighted by Crippen LogP contribution is -2.27. The van der Waals surface area contributed by atoms with Crippen LogP contribution in [0.5, 0.6) is 0 Å². The summed E-state index contributed by atoms with van der Waals surface area (Å²) in [6, 6.07) is 0. The Kier molecular flexibility index (Phi) is 11.8. The van der Waals surface area contributed by atoms with Crippen LogP contribution < -0.4 is 0 Å². The molecule has 0 saturated carbocycles. The third-order valence-corrected chi connectivity index (χ3v) is 4.62. The number of rotatable bonds is 15. The molecule has 5 nitrogen and oxygen atoms in total. The van der Waals surface area contributed by atoms with Gasteiger partial charge in [-0.3, -0.25) is 4.79 Å². The Morgan fingerprint density at radius 2 is 1.68 bits per heavy atom. The maximum absolute atomic E-state index is 10.4. The van der Waals surface area contributed by atoms with Gasteiger partial charge in [-0.15, -0.1) is 0 Å². The number of aliphatic hydroxyl groups excluding tert-OH is 1. The minimum absolute atomic E-state index is 0.274. The quantitative estimate of drug-likeness (QED) is 0.335. The van der Waals surface area contributed by atoms with E-state index in [-0.39, 0.29) is 6.42 Å². The Labute approximate surface area is 152 Å². The van der Waals surface area contributed by atoms with Crippen LogP contribution in [-0.2, 0) is 14.3 Å². The number of aliphatic carboxylic acids is 1. The molecule has 25 heavy (non-hydrogen) atoms. The van der Waals surface area contributed by atoms with Crippen LogP contribution in [-0.4, -0.2) is 41.3 Å². The van der Waals surface area contributed by atoms with E-state index in [0.717, 1.165) is 70.6 Å². The van der Waals surface area contributed by atoms with Crippen molar-refractivity contribution in [1.29, 1.82) is 0 Å². The van der Waals surface area contributed by atoms with E-state index in [0.29, 0.717) is 13.2 Å². The summed E-state index contributed by atoms with van der Waals surface area (Å²) in [5.41, 5.74) is 0. The first-order chi connectivity index (χ1) is 12.1. The largest absolute Gasteiger partial charge is 0.481 e. The molecule has 1 aliphatic rings. The number of unbranched alkanes of at least 4 members (excludes halogenated alkanes) is 7. The van der Waals surface area contributed by atoms with Crippen LogP contribution in [0.25, 0.3) is 0 Å². The summed E-state index contributed by atoms with van der Waals surface area (Å²) in [4.78, 5) is 10.4. The van der Waals surface area contributed by atoms with Gasteiger partial charge in [-0.05, 0) is 25.3 Å². The van der Waals surface area contributed by atoms with E-state index in [4.69, 9.17) is 14.6 Å². The second-order valence-corrected chi connectivity index (χ2v) is 6.95. The van der Waals surface area contributed by atoms with Crippen LogP contribution in [0.1, 0.15) is 84.0 Å². The standard InChI is InChI=1S/C20H36O5/c1-2-3-8-11-18(21)13-15-20(24-16-17-25-20)14-10-7-5-4-6-9-12-19(22)23/h13,15,18,21H,2-12,14,16-17H2,1H3,(H,22,23)/b15-13+/t18-/m0/s1. The molecule has 0 amide bonds. The highest BCUT2D eigenvalue weighted by molar-refractivity contribution is 5.66. The minimum atomic E-state index is -0.707. The first-order valence-electron chi connectivity index (χ1n) is 9.95. The predicted octanol–water partition coefficient (Wildman–Crippen LogP) is 4.43. The van der Waals surface area contributed by atoms with Crippen molar-refractivity contribution in [3.05, 3.63) is 12.2 Å². The zero-order chi connectivity index (χ0) is 18.4. The molecular formula is C20H36O5. The third kappa shape index (κ3) is 10.6. The number of ether oxygens (including phenoxy) is 2. The monoisotopic (exact) mass is 356 g/mol. The van der Waals surface area contributed by atoms with Gasteiger partial charge in [0, 0.05) is 12.8 Å². The van der Waals surface area contributed by atoms with Gasteiger partial charge in [-0.25, -0.2) is 0 Å². The highest BCUT2D eigenvalue weighted by Gasteiger charge is 2.33. The summed E-state index contributed by atoms with van der Waals surface area (Å²) in [5, 5.41) is 18.6. The average molecular weight is 357 g/mol. The summed E-state index contributed by atoms with van der Waals surface area (Å²) in [7, 11) is 0. The van der Waals surface area contributed by atoms with Gasteiger partial charge in [0.05, 0.1) is 19.3 Å². The van der Waals surface area contributed by atoms with E-state index in [1.807, 2.05) is 12.2 Å². The number of hydrogen-bond acceptors (Lipinski definition) is 4. The van der Waals surface area contributed by atoms with Gasteiger partial charge >= 0.3 is 5.97 Å². The Morgan fingerprint density at radius 3 is 2.32 bits per heavy atom. The van der Waals surface area contributed by atoms with Crippen molar-refractivity contribution in [3.8, 4) is 0 Å². The third-order valence-electron chi connectivity index (χ3n) is 4.62. The molecule has 1 rings (SSSR count). The molecule has 5 heteroatoms. The lowest BCUT2D eigenvalue weighted by Gasteiger charge is -2.24. The van der Waals surface area contributed by atoms with Gasteiger partial charge in [0.15, 0.2) is 5.79 Å². The summed E-state index contributed by atoms with van der Waals surface area (Å²) in [5.74, 6) is -1.36. The first-order valence-corrected chi connectivity index (χ1v) is 9.95. The number of carboxylic acid groups (broad SMARTS) is 1. The van der Waals surface area contributed by atoms with Crippen molar-refractivity contribution in [1.82, 2.24) is 0 Å². The van der Waals surface area contributed by atoms with E-state index in [1.165, 1.54) is 0 Å². The van der Waals surface area contributed by atoms with E-state index in [9.17, 15) is 9.90 Å². The first kappa shape index (κ1) is 22.1. The topological polar surface area (TPSA) is 76.0 Å². The van der Waals surface area contributed by atoms with Gasteiger partial charge < -0.3 is 19.7 Å². The van der Waals surface area contributed by atoms with Gasteiger partial charge in [0.1, 0.15) is 0 Å². The molecule has 0 radical (unpaired) electrons. The average Bonchev–Trinajstić information content (AvgIpc) is 3.05. The minimum Gasteiger partial charge on any atom is -0.481 e. The molecule has 0 aromatic heterocycles. The van der Waals surface area contributed by atoms with Crippen LogP contribution in [0, 0.1) is 0 Å². The molecule has 1 heterocycles. The molecule has 1 atom stereocenters. The Morgan fingerprint density at radius 1 is 1.04 bits per heavy atom. The fraction of sp³-hybridized carbons (Fsp3) is 0.850. The molecule has 1 fully saturated rings. The Bertz CT molecular complexity index is 374. The molecule has 0 unspecified atom stereocenters. The molecule has 1 aliphatic heterocycles. The number of carbonyl (C=O) groups is 1. The molecule has 1 saturated heterocycles. The number of hydrogen-bond donors (Lipinski definition) is 2. The molecule has 0 aromatic rings.